The second kappa shape index (κ2) is 8.49. The number of thioether (sulfide) groups is 1. The van der Waals surface area contributed by atoms with Crippen LogP contribution in [-0.4, -0.2) is 21.6 Å². The van der Waals surface area contributed by atoms with E-state index in [9.17, 15) is 9.59 Å². The molecule has 1 aliphatic rings. The van der Waals surface area contributed by atoms with Gasteiger partial charge in [0.15, 0.2) is 0 Å². The molecule has 7 heteroatoms. The number of hydrogen-bond acceptors (Lipinski definition) is 5. The summed E-state index contributed by atoms with van der Waals surface area (Å²) in [7, 11) is 0. The molecule has 1 amide bonds. The summed E-state index contributed by atoms with van der Waals surface area (Å²) in [5, 5.41) is 3.74. The van der Waals surface area contributed by atoms with Crippen LogP contribution < -0.4 is 10.9 Å². The normalized spacial score (nSPS) is 13.0. The fourth-order valence-corrected chi connectivity index (χ4v) is 5.63. The number of anilines is 1. The molecule has 0 atom stereocenters. The quantitative estimate of drug-likeness (QED) is 0.567. The summed E-state index contributed by atoms with van der Waals surface area (Å²) in [6.45, 7) is 2.09. The van der Waals surface area contributed by atoms with Gasteiger partial charge in [-0.1, -0.05) is 19.1 Å². The number of nitrogens with one attached hydrogen (secondary N) is 2. The molecule has 28 heavy (non-hydrogen) atoms. The van der Waals surface area contributed by atoms with Crippen molar-refractivity contribution in [1.82, 2.24) is 9.97 Å². The first kappa shape index (κ1) is 19.2. The Balaban J connectivity index is 1.30. The number of H-pyrrole nitrogens is 1. The largest absolute Gasteiger partial charge is 0.326 e. The van der Waals surface area contributed by atoms with Crippen LogP contribution in [0.2, 0.25) is 0 Å². The van der Waals surface area contributed by atoms with Gasteiger partial charge in [0, 0.05) is 22.7 Å². The minimum Gasteiger partial charge on any atom is -0.326 e. The van der Waals surface area contributed by atoms with Crippen molar-refractivity contribution >= 4 is 44.9 Å². The molecule has 1 aliphatic carbocycles. The van der Waals surface area contributed by atoms with Gasteiger partial charge in [0.1, 0.15) is 10.7 Å². The molecule has 2 aromatic heterocycles. The molecule has 2 heterocycles. The average molecular weight is 414 g/mol. The highest BCUT2D eigenvalue weighted by molar-refractivity contribution is 7.98. The Bertz CT molecular complexity index is 1070. The first-order valence-electron chi connectivity index (χ1n) is 9.64. The number of aromatic nitrogens is 2. The summed E-state index contributed by atoms with van der Waals surface area (Å²) in [5.74, 6) is 1.99. The molecule has 0 saturated carbocycles. The van der Waals surface area contributed by atoms with Gasteiger partial charge in [-0.25, -0.2) is 4.98 Å². The Morgan fingerprint density at radius 2 is 2.25 bits per heavy atom. The maximum atomic E-state index is 12.5. The first-order chi connectivity index (χ1) is 13.6. The monoisotopic (exact) mass is 413 g/mol. The predicted octanol–water partition coefficient (Wildman–Crippen LogP) is 4.30. The third-order valence-electron chi connectivity index (χ3n) is 4.96. The number of fused-ring (bicyclic) bond motifs is 3. The topological polar surface area (TPSA) is 74.8 Å². The lowest BCUT2D eigenvalue weighted by Crippen LogP contribution is -2.13. The number of benzene rings is 1. The summed E-state index contributed by atoms with van der Waals surface area (Å²) >= 11 is 3.27. The fraction of sp³-hybridized carbons (Fsp3) is 0.381. The number of thiophene rings is 1. The minimum atomic E-state index is -0.0199. The number of amides is 1. The zero-order valence-corrected chi connectivity index (χ0v) is 17.5. The Morgan fingerprint density at radius 3 is 3.11 bits per heavy atom. The third-order valence-corrected chi connectivity index (χ3v) is 7.11. The zero-order valence-electron chi connectivity index (χ0n) is 15.8. The van der Waals surface area contributed by atoms with Crippen molar-refractivity contribution in [3.63, 3.8) is 0 Å². The lowest BCUT2D eigenvalue weighted by molar-refractivity contribution is -0.115. The average Bonchev–Trinajstić information content (AvgIpc) is 3.26. The minimum absolute atomic E-state index is 0.00680. The summed E-state index contributed by atoms with van der Waals surface area (Å²) in [6.07, 6.45) is 4.57. The predicted molar refractivity (Wildman–Crippen MR) is 117 cm³/mol. The number of aromatic amines is 1. The van der Waals surface area contributed by atoms with Gasteiger partial charge < -0.3 is 10.3 Å². The van der Waals surface area contributed by atoms with Crippen LogP contribution >= 0.6 is 23.1 Å². The second-order valence-corrected chi connectivity index (χ2v) is 9.14. The zero-order chi connectivity index (χ0) is 19.5. The van der Waals surface area contributed by atoms with Gasteiger partial charge in [-0.3, -0.25) is 9.59 Å². The van der Waals surface area contributed by atoms with E-state index in [0.29, 0.717) is 23.8 Å². The SMILES string of the molecule is CCc1cccc(NC(=O)CCSCc2nc3sc4c(c3c(=O)[nH]2)CCC4)c1. The van der Waals surface area contributed by atoms with Crippen LogP contribution in [0.15, 0.2) is 29.1 Å². The van der Waals surface area contributed by atoms with E-state index < -0.39 is 0 Å². The summed E-state index contributed by atoms with van der Waals surface area (Å²) in [4.78, 5) is 34.3. The number of carbonyl (C=O) groups excluding carboxylic acids is 1. The molecule has 0 aliphatic heterocycles. The lowest BCUT2D eigenvalue weighted by atomic mass is 10.1. The maximum Gasteiger partial charge on any atom is 0.259 e. The molecule has 3 aromatic rings. The molecule has 0 saturated heterocycles. The highest BCUT2D eigenvalue weighted by Crippen LogP contribution is 2.34. The van der Waals surface area contributed by atoms with Gasteiger partial charge in [-0.15, -0.1) is 11.3 Å². The van der Waals surface area contributed by atoms with Gasteiger partial charge in [0.25, 0.3) is 5.56 Å². The molecular formula is C21H23N3O2S2. The first-order valence-corrected chi connectivity index (χ1v) is 11.6. The van der Waals surface area contributed by atoms with Crippen molar-refractivity contribution in [3.8, 4) is 0 Å². The highest BCUT2D eigenvalue weighted by Gasteiger charge is 2.21. The van der Waals surface area contributed by atoms with E-state index in [1.807, 2.05) is 18.2 Å². The molecule has 2 N–H and O–H groups in total. The van der Waals surface area contributed by atoms with Gasteiger partial charge >= 0.3 is 0 Å². The number of nitrogens with zero attached hydrogens (tertiary/aromatic N) is 1. The summed E-state index contributed by atoms with van der Waals surface area (Å²) in [5.41, 5.74) is 3.24. The molecule has 5 nitrogen and oxygen atoms in total. The van der Waals surface area contributed by atoms with Crippen molar-refractivity contribution < 1.29 is 4.79 Å². The Kier molecular flexibility index (Phi) is 5.82. The Morgan fingerprint density at radius 1 is 1.36 bits per heavy atom. The molecule has 146 valence electrons. The van der Waals surface area contributed by atoms with Crippen molar-refractivity contribution in [2.24, 2.45) is 0 Å². The molecular weight excluding hydrogens is 390 g/mol. The summed E-state index contributed by atoms with van der Waals surface area (Å²) in [6, 6.07) is 7.93. The third kappa shape index (κ3) is 4.15. The Hall–Kier alpha value is -2.12. The lowest BCUT2D eigenvalue weighted by Gasteiger charge is -2.07. The van der Waals surface area contributed by atoms with E-state index >= 15 is 0 Å². The van der Waals surface area contributed by atoms with E-state index in [-0.39, 0.29) is 11.5 Å². The standard InChI is InChI=1S/C21H23N3O2S2/c1-2-13-5-3-6-14(11-13)22-18(25)9-10-27-12-17-23-20(26)19-15-7-4-8-16(15)28-21(19)24-17/h3,5-6,11H,2,4,7-10,12H2,1H3,(H,22,25)(H,23,24,26). The van der Waals surface area contributed by atoms with Gasteiger partial charge in [-0.2, -0.15) is 11.8 Å². The van der Waals surface area contributed by atoms with Crippen molar-refractivity contribution in [3.05, 3.63) is 56.4 Å². The number of rotatable bonds is 7. The number of aryl methyl sites for hydroxylation is 3. The molecule has 0 unspecified atom stereocenters. The molecule has 0 radical (unpaired) electrons. The van der Waals surface area contributed by atoms with Gasteiger partial charge in [0.05, 0.1) is 11.1 Å². The fourth-order valence-electron chi connectivity index (χ4n) is 3.54. The van der Waals surface area contributed by atoms with E-state index in [0.717, 1.165) is 41.6 Å². The van der Waals surface area contributed by atoms with Gasteiger partial charge in [0.2, 0.25) is 5.91 Å². The molecule has 0 bridgehead atoms. The van der Waals surface area contributed by atoms with Crippen LogP contribution in [0.3, 0.4) is 0 Å². The molecule has 1 aromatic carbocycles. The van der Waals surface area contributed by atoms with Crippen LogP contribution in [0.5, 0.6) is 0 Å². The van der Waals surface area contributed by atoms with E-state index in [4.69, 9.17) is 0 Å². The molecule has 0 fully saturated rings. The summed E-state index contributed by atoms with van der Waals surface area (Å²) < 4.78 is 0. The molecule has 0 spiro atoms. The van der Waals surface area contributed by atoms with Crippen LogP contribution in [0.25, 0.3) is 10.2 Å². The van der Waals surface area contributed by atoms with E-state index in [1.165, 1.54) is 16.0 Å². The number of hydrogen-bond donors (Lipinski definition) is 2. The van der Waals surface area contributed by atoms with E-state index in [1.54, 1.807) is 23.1 Å². The van der Waals surface area contributed by atoms with Crippen LogP contribution in [0.1, 0.15) is 41.6 Å². The number of carbonyl (C=O) groups is 1. The smallest absolute Gasteiger partial charge is 0.259 e. The van der Waals surface area contributed by atoms with Crippen LogP contribution in [0, 0.1) is 0 Å². The second-order valence-electron chi connectivity index (χ2n) is 6.95. The highest BCUT2D eigenvalue weighted by atomic mass is 32.2. The van der Waals surface area contributed by atoms with Crippen LogP contribution in [-0.2, 0) is 29.8 Å². The Labute approximate surface area is 172 Å². The van der Waals surface area contributed by atoms with E-state index in [2.05, 4.69) is 28.3 Å². The maximum absolute atomic E-state index is 12.5. The van der Waals surface area contributed by atoms with Crippen molar-refractivity contribution in [1.29, 1.82) is 0 Å². The van der Waals surface area contributed by atoms with Crippen molar-refractivity contribution in [2.75, 3.05) is 11.1 Å². The van der Waals surface area contributed by atoms with Crippen molar-refractivity contribution in [2.45, 2.75) is 44.8 Å². The van der Waals surface area contributed by atoms with Crippen LogP contribution in [0.4, 0.5) is 5.69 Å². The van der Waals surface area contributed by atoms with Gasteiger partial charge in [-0.05, 0) is 48.9 Å². The molecule has 4 rings (SSSR count).